The van der Waals surface area contributed by atoms with Crippen LogP contribution in [0, 0.1) is 11.3 Å². The van der Waals surface area contributed by atoms with Gasteiger partial charge in [0.1, 0.15) is 0 Å². The van der Waals surface area contributed by atoms with Crippen LogP contribution in [0.4, 0.5) is 0 Å². The van der Waals surface area contributed by atoms with Crippen molar-refractivity contribution in [3.05, 3.63) is 54.1 Å². The van der Waals surface area contributed by atoms with Gasteiger partial charge in [-0.3, -0.25) is 4.90 Å². The molecule has 0 radical (unpaired) electrons. The van der Waals surface area contributed by atoms with Crippen molar-refractivity contribution in [2.75, 3.05) is 26.2 Å². The van der Waals surface area contributed by atoms with E-state index in [0.29, 0.717) is 29.6 Å². The maximum absolute atomic E-state index is 13.1. The second kappa shape index (κ2) is 7.53. The highest BCUT2D eigenvalue weighted by Gasteiger charge is 2.44. The van der Waals surface area contributed by atoms with Crippen LogP contribution in [0.5, 0.6) is 0 Å². The second-order valence-electron chi connectivity index (χ2n) is 7.28. The Morgan fingerprint density at radius 2 is 1.56 bits per heavy atom. The molecule has 4 rings (SSSR count). The molecule has 5 nitrogen and oxygen atoms in total. The van der Waals surface area contributed by atoms with Crippen LogP contribution < -0.4 is 0 Å². The minimum atomic E-state index is -3.20. The lowest BCUT2D eigenvalue weighted by atomic mass is 10.0. The molecule has 1 N–H and O–H groups in total. The predicted octanol–water partition coefficient (Wildman–Crippen LogP) is 3.64. The van der Waals surface area contributed by atoms with Crippen molar-refractivity contribution < 1.29 is 8.76 Å². The number of rotatable bonds is 4. The van der Waals surface area contributed by atoms with Gasteiger partial charge in [0.25, 0.3) is 0 Å². The molecule has 2 atom stereocenters. The Balaban J connectivity index is 1.48. The van der Waals surface area contributed by atoms with Crippen LogP contribution in [0.15, 0.2) is 53.4 Å². The zero-order valence-electron chi connectivity index (χ0n) is 15.3. The smallest absolute Gasteiger partial charge is 0.299 e. The van der Waals surface area contributed by atoms with E-state index in [-0.39, 0.29) is 0 Å². The summed E-state index contributed by atoms with van der Waals surface area (Å²) in [6, 6.07) is 17.1. The van der Waals surface area contributed by atoms with Crippen molar-refractivity contribution >= 4 is 10.4 Å². The quantitative estimate of drug-likeness (QED) is 0.820. The van der Waals surface area contributed by atoms with E-state index in [1.807, 2.05) is 24.3 Å². The average Bonchev–Trinajstić information content (AvgIpc) is 3.40. The molecule has 2 aromatic rings. The fourth-order valence-electron chi connectivity index (χ4n) is 4.05. The van der Waals surface area contributed by atoms with Gasteiger partial charge in [-0.15, -0.1) is 0 Å². The van der Waals surface area contributed by atoms with Gasteiger partial charge in [-0.1, -0.05) is 16.4 Å². The third-order valence-corrected chi connectivity index (χ3v) is 7.56. The van der Waals surface area contributed by atoms with E-state index >= 15 is 0 Å². The summed E-state index contributed by atoms with van der Waals surface area (Å²) in [5.74, 6) is 0. The Morgan fingerprint density at radius 3 is 2.15 bits per heavy atom. The minimum Gasteiger partial charge on any atom is -0.299 e. The molecule has 0 aromatic heterocycles. The van der Waals surface area contributed by atoms with Crippen LogP contribution in [-0.4, -0.2) is 46.0 Å². The van der Waals surface area contributed by atoms with Gasteiger partial charge in [0.15, 0.2) is 0 Å². The standard InChI is InChI=1S/C21H23N3O2S/c22-15-17-3-5-18(6-4-17)19-7-9-21(10-8-19)27(25,26)24-14-11-20(16-24)23-12-1-2-13-23/h3-10,20H,1-2,11-14,16H2/p+1. The lowest BCUT2D eigenvalue weighted by Gasteiger charge is -2.22. The van der Waals surface area contributed by atoms with Crippen LogP contribution >= 0.6 is 0 Å². The van der Waals surface area contributed by atoms with Crippen molar-refractivity contribution in [3.8, 4) is 17.2 Å². The number of nitrogens with zero attached hydrogens (tertiary/aromatic N) is 3. The molecule has 2 heterocycles. The van der Waals surface area contributed by atoms with E-state index in [0.717, 1.165) is 30.6 Å². The van der Waals surface area contributed by atoms with E-state index in [1.54, 1.807) is 28.6 Å². The molecule has 0 spiro atoms. The highest BCUT2D eigenvalue weighted by Crippen LogP contribution is 2.30. The molecule has 2 saturated heterocycles. The number of hydrogen-bond donors (Lipinski definition) is 1. The van der Waals surface area contributed by atoms with Gasteiger partial charge in [0, 0.05) is 12.6 Å². The van der Waals surface area contributed by atoms with Crippen LogP contribution in [0.3, 0.4) is 0 Å². The second-order valence-corrected chi connectivity index (χ2v) is 9.26. The molecular weight excluding hydrogens is 358 g/mol. The third kappa shape index (κ3) is 3.69. The molecule has 2 aliphatic rings. The van der Waals surface area contributed by atoms with Crippen LogP contribution in [0.1, 0.15) is 24.8 Å². The molecule has 0 amide bonds. The van der Waals surface area contributed by atoms with E-state index in [1.165, 1.54) is 12.8 Å². The van der Waals surface area contributed by atoms with Crippen molar-refractivity contribution in [2.24, 2.45) is 0 Å². The molecule has 2 unspecified atom stereocenters. The van der Waals surface area contributed by atoms with Gasteiger partial charge in [-0.2, -0.15) is 9.81 Å². The van der Waals surface area contributed by atoms with Crippen molar-refractivity contribution in [1.29, 1.82) is 5.26 Å². The van der Waals surface area contributed by atoms with Gasteiger partial charge < -0.3 is 0 Å². The molecule has 2 aromatic carbocycles. The molecule has 27 heavy (non-hydrogen) atoms. The fraction of sp³-hybridized carbons (Fsp3) is 0.381. The highest BCUT2D eigenvalue weighted by molar-refractivity contribution is 7.95. The maximum Gasteiger partial charge on any atom is 0.325 e. The van der Waals surface area contributed by atoms with Gasteiger partial charge in [-0.25, -0.2) is 0 Å². The van der Waals surface area contributed by atoms with Crippen molar-refractivity contribution in [1.82, 2.24) is 9.21 Å². The summed E-state index contributed by atoms with van der Waals surface area (Å²) in [5.41, 5.74) is 2.57. The van der Waals surface area contributed by atoms with Crippen molar-refractivity contribution in [3.63, 3.8) is 0 Å². The lowest BCUT2D eigenvalue weighted by Crippen LogP contribution is -2.39. The average molecular weight is 383 g/mol. The van der Waals surface area contributed by atoms with Crippen LogP contribution in [0.2, 0.25) is 0 Å². The minimum absolute atomic E-state index is 0.401. The van der Waals surface area contributed by atoms with Gasteiger partial charge in [-0.05, 0) is 84.1 Å². The Kier molecular flexibility index (Phi) is 5.11. The maximum atomic E-state index is 13.1. The largest absolute Gasteiger partial charge is 0.325 e. The molecule has 2 fully saturated rings. The highest BCUT2D eigenvalue weighted by atomic mass is 32.3. The number of likely N-dealkylation sites (tertiary alicyclic amines) is 1. The summed E-state index contributed by atoms with van der Waals surface area (Å²) in [7, 11) is -3.20. The Labute approximate surface area is 161 Å². The summed E-state index contributed by atoms with van der Waals surface area (Å²) >= 11 is 0. The predicted molar refractivity (Wildman–Crippen MR) is 106 cm³/mol. The van der Waals surface area contributed by atoms with E-state index < -0.39 is 10.4 Å². The summed E-state index contributed by atoms with van der Waals surface area (Å²) < 4.78 is 25.6. The Morgan fingerprint density at radius 1 is 0.963 bits per heavy atom. The topological polar surface area (TPSA) is 67.6 Å². The summed E-state index contributed by atoms with van der Waals surface area (Å²) in [6.07, 6.45) is 3.44. The number of nitriles is 1. The molecule has 2 aliphatic heterocycles. The normalized spacial score (nSPS) is 23.2. The molecule has 6 heteroatoms. The molecular formula is C21H24N3O2S+. The van der Waals surface area contributed by atoms with Gasteiger partial charge >= 0.3 is 10.4 Å². The first kappa shape index (κ1) is 18.3. The number of hydrogen-bond acceptors (Lipinski definition) is 3. The van der Waals surface area contributed by atoms with E-state index in [4.69, 9.17) is 5.26 Å². The summed E-state index contributed by atoms with van der Waals surface area (Å²) in [5, 5.41) is 8.90. The van der Waals surface area contributed by atoms with E-state index in [2.05, 4.69) is 11.0 Å². The van der Waals surface area contributed by atoms with Crippen LogP contribution in [0.25, 0.3) is 11.1 Å². The zero-order valence-corrected chi connectivity index (χ0v) is 16.1. The van der Waals surface area contributed by atoms with Crippen LogP contribution in [-0.2, 0) is 14.6 Å². The fourth-order valence-corrected chi connectivity index (χ4v) is 5.57. The van der Waals surface area contributed by atoms with Gasteiger partial charge in [0.2, 0.25) is 4.90 Å². The molecule has 0 saturated carbocycles. The molecule has 0 bridgehead atoms. The summed E-state index contributed by atoms with van der Waals surface area (Å²) in [6.45, 7) is 3.55. The first-order valence-corrected chi connectivity index (χ1v) is 10.9. The first-order chi connectivity index (χ1) is 13.1. The van der Waals surface area contributed by atoms with Crippen molar-refractivity contribution in [2.45, 2.75) is 30.2 Å². The van der Waals surface area contributed by atoms with E-state index in [9.17, 15) is 8.76 Å². The Bertz CT molecular complexity index is 883. The monoisotopic (exact) mass is 382 g/mol. The Hall–Kier alpha value is -2.04. The van der Waals surface area contributed by atoms with Gasteiger partial charge in [0.05, 0.1) is 18.2 Å². The SMILES string of the molecule is N#Cc1ccc(-c2ccc([S+](=O)(O)N3CCC(N4CCCC4)C3)cc2)cc1. The molecule has 140 valence electrons. The lowest BCUT2D eigenvalue weighted by molar-refractivity contribution is 0.249. The zero-order chi connectivity index (χ0) is 18.9. The first-order valence-electron chi connectivity index (χ1n) is 9.44. The number of benzene rings is 2. The summed E-state index contributed by atoms with van der Waals surface area (Å²) in [4.78, 5) is 2.92. The third-order valence-electron chi connectivity index (χ3n) is 5.64. The molecule has 0 aliphatic carbocycles.